The van der Waals surface area contributed by atoms with Crippen molar-refractivity contribution < 1.29 is 14.3 Å². The lowest BCUT2D eigenvalue weighted by molar-refractivity contribution is -0.120. The number of epoxide rings is 1. The summed E-state index contributed by atoms with van der Waals surface area (Å²) in [5.41, 5.74) is 4.23. The molecule has 2 aromatic rings. The van der Waals surface area contributed by atoms with Gasteiger partial charge in [-0.2, -0.15) is 5.26 Å². The Kier molecular flexibility index (Phi) is 4.16. The molecule has 27 heavy (non-hydrogen) atoms. The van der Waals surface area contributed by atoms with Gasteiger partial charge in [-0.3, -0.25) is 4.79 Å². The van der Waals surface area contributed by atoms with Crippen molar-refractivity contribution in [1.29, 1.82) is 5.26 Å². The van der Waals surface area contributed by atoms with Crippen LogP contribution in [0.15, 0.2) is 30.3 Å². The van der Waals surface area contributed by atoms with E-state index in [1.807, 2.05) is 6.07 Å². The highest BCUT2D eigenvalue weighted by Crippen LogP contribution is 2.43. The van der Waals surface area contributed by atoms with E-state index in [1.54, 1.807) is 6.92 Å². The average molecular weight is 362 g/mol. The van der Waals surface area contributed by atoms with E-state index in [-0.39, 0.29) is 5.91 Å². The number of hydrogen-bond acceptors (Lipinski definition) is 4. The van der Waals surface area contributed by atoms with Crippen LogP contribution in [0.4, 0.5) is 5.69 Å². The standard InChI is InChI=1S/C22H22N2O3/c1-13(2)14-4-6-15(7-5-14)17-10-19(24-21(25)22(3)12-27-22)18(11-23)16-8-9-26-20(16)17/h4-7,10,13H,8-9,12H2,1-3H3,(H,24,25)/t22-/m1/s1. The minimum absolute atomic E-state index is 0.223. The molecule has 2 aliphatic rings. The predicted molar refractivity (Wildman–Crippen MR) is 103 cm³/mol. The highest BCUT2D eigenvalue weighted by atomic mass is 16.6. The van der Waals surface area contributed by atoms with E-state index < -0.39 is 5.60 Å². The quantitative estimate of drug-likeness (QED) is 0.834. The Morgan fingerprint density at radius 3 is 2.59 bits per heavy atom. The van der Waals surface area contributed by atoms with Crippen molar-refractivity contribution in [1.82, 2.24) is 0 Å². The van der Waals surface area contributed by atoms with E-state index in [0.717, 1.165) is 22.4 Å². The van der Waals surface area contributed by atoms with Crippen LogP contribution in [0.5, 0.6) is 5.75 Å². The summed E-state index contributed by atoms with van der Waals surface area (Å²) in [7, 11) is 0. The van der Waals surface area contributed by atoms with Crippen LogP contribution in [-0.4, -0.2) is 24.7 Å². The molecule has 1 atom stereocenters. The van der Waals surface area contributed by atoms with Gasteiger partial charge in [0.05, 0.1) is 24.5 Å². The highest BCUT2D eigenvalue weighted by molar-refractivity contribution is 6.01. The molecule has 2 aromatic carbocycles. The molecule has 0 radical (unpaired) electrons. The molecule has 5 nitrogen and oxygen atoms in total. The number of rotatable bonds is 4. The maximum Gasteiger partial charge on any atom is 0.258 e. The molecule has 0 bridgehead atoms. The number of amides is 1. The van der Waals surface area contributed by atoms with Crippen molar-refractivity contribution in [2.24, 2.45) is 0 Å². The molecule has 0 unspecified atom stereocenters. The molecule has 0 aromatic heterocycles. The normalized spacial score (nSPS) is 20.0. The van der Waals surface area contributed by atoms with Crippen LogP contribution in [0, 0.1) is 11.3 Å². The Hall–Kier alpha value is -2.84. The van der Waals surface area contributed by atoms with Gasteiger partial charge in [0.15, 0.2) is 5.60 Å². The molecular formula is C22H22N2O3. The van der Waals surface area contributed by atoms with E-state index in [1.165, 1.54) is 5.56 Å². The number of carbonyl (C=O) groups is 1. The number of benzene rings is 2. The van der Waals surface area contributed by atoms with Crippen LogP contribution >= 0.6 is 0 Å². The van der Waals surface area contributed by atoms with Crippen molar-refractivity contribution in [3.8, 4) is 22.9 Å². The largest absolute Gasteiger partial charge is 0.492 e. The highest BCUT2D eigenvalue weighted by Gasteiger charge is 2.47. The summed E-state index contributed by atoms with van der Waals surface area (Å²) in [6, 6.07) is 12.4. The number of nitrogens with zero attached hydrogens (tertiary/aromatic N) is 1. The Labute approximate surface area is 158 Å². The number of nitriles is 1. The van der Waals surface area contributed by atoms with Crippen LogP contribution in [0.25, 0.3) is 11.1 Å². The van der Waals surface area contributed by atoms with Gasteiger partial charge >= 0.3 is 0 Å². The Bertz CT molecular complexity index is 951. The summed E-state index contributed by atoms with van der Waals surface area (Å²) in [4.78, 5) is 12.5. The lowest BCUT2D eigenvalue weighted by Crippen LogP contribution is -2.28. The number of carbonyl (C=O) groups excluding carboxylic acids is 1. The SMILES string of the molecule is CC(C)c1ccc(-c2cc(NC(=O)[C@@]3(C)CO3)c(C#N)c3c2OCC3)cc1. The molecule has 0 aliphatic carbocycles. The summed E-state index contributed by atoms with van der Waals surface area (Å²) >= 11 is 0. The molecule has 1 fully saturated rings. The zero-order valence-corrected chi connectivity index (χ0v) is 15.8. The van der Waals surface area contributed by atoms with E-state index in [2.05, 4.69) is 49.5 Å². The first kappa shape index (κ1) is 17.6. The minimum Gasteiger partial charge on any atom is -0.492 e. The molecule has 2 heterocycles. The van der Waals surface area contributed by atoms with Gasteiger partial charge in [-0.25, -0.2) is 0 Å². The first-order valence-corrected chi connectivity index (χ1v) is 9.21. The zero-order valence-electron chi connectivity index (χ0n) is 15.8. The number of fused-ring (bicyclic) bond motifs is 1. The fourth-order valence-electron chi connectivity index (χ4n) is 3.36. The Balaban J connectivity index is 1.79. The molecule has 4 rings (SSSR count). The van der Waals surface area contributed by atoms with Gasteiger partial charge in [-0.1, -0.05) is 38.1 Å². The first-order chi connectivity index (χ1) is 12.9. The zero-order chi connectivity index (χ0) is 19.2. The van der Waals surface area contributed by atoms with Crippen LogP contribution in [0.2, 0.25) is 0 Å². The van der Waals surface area contributed by atoms with Crippen molar-refractivity contribution >= 4 is 11.6 Å². The van der Waals surface area contributed by atoms with Crippen molar-refractivity contribution in [2.45, 2.75) is 38.7 Å². The lowest BCUT2D eigenvalue weighted by atomic mass is 9.93. The van der Waals surface area contributed by atoms with E-state index in [9.17, 15) is 10.1 Å². The third-order valence-corrected chi connectivity index (χ3v) is 5.28. The van der Waals surface area contributed by atoms with Gasteiger partial charge in [-0.15, -0.1) is 0 Å². The van der Waals surface area contributed by atoms with Gasteiger partial charge in [0, 0.05) is 17.5 Å². The summed E-state index contributed by atoms with van der Waals surface area (Å²) in [6.45, 7) is 7.01. The topological polar surface area (TPSA) is 74.7 Å². The molecule has 2 aliphatic heterocycles. The maximum absolute atomic E-state index is 12.5. The van der Waals surface area contributed by atoms with Gasteiger partial charge in [0.2, 0.25) is 0 Å². The van der Waals surface area contributed by atoms with Crippen LogP contribution in [-0.2, 0) is 16.0 Å². The molecule has 1 saturated heterocycles. The third kappa shape index (κ3) is 3.07. The fourth-order valence-corrected chi connectivity index (χ4v) is 3.36. The fraction of sp³-hybridized carbons (Fsp3) is 0.364. The van der Waals surface area contributed by atoms with E-state index >= 15 is 0 Å². The molecule has 0 spiro atoms. The number of anilines is 1. The number of hydrogen-bond donors (Lipinski definition) is 1. The first-order valence-electron chi connectivity index (χ1n) is 9.21. The van der Waals surface area contributed by atoms with Crippen molar-refractivity contribution in [3.63, 3.8) is 0 Å². The smallest absolute Gasteiger partial charge is 0.258 e. The molecule has 1 amide bonds. The second kappa shape index (κ2) is 6.40. The van der Waals surface area contributed by atoms with Gasteiger partial charge in [-0.05, 0) is 30.0 Å². The summed E-state index contributed by atoms with van der Waals surface area (Å²) in [6.07, 6.45) is 0.660. The van der Waals surface area contributed by atoms with E-state index in [0.29, 0.717) is 36.8 Å². The number of nitrogens with one attached hydrogen (secondary N) is 1. The Morgan fingerprint density at radius 1 is 1.30 bits per heavy atom. The minimum atomic E-state index is -0.790. The van der Waals surface area contributed by atoms with Crippen LogP contribution < -0.4 is 10.1 Å². The molecule has 1 N–H and O–H groups in total. The average Bonchev–Trinajstić information content (AvgIpc) is 3.23. The second-order valence-corrected chi connectivity index (χ2v) is 7.61. The van der Waals surface area contributed by atoms with Crippen LogP contribution in [0.3, 0.4) is 0 Å². The second-order valence-electron chi connectivity index (χ2n) is 7.61. The predicted octanol–water partition coefficient (Wildman–Crippen LogP) is 4.01. The molecule has 5 heteroatoms. The van der Waals surface area contributed by atoms with Gasteiger partial charge in [0.25, 0.3) is 5.91 Å². The summed E-state index contributed by atoms with van der Waals surface area (Å²) < 4.78 is 11.1. The summed E-state index contributed by atoms with van der Waals surface area (Å²) in [5, 5.41) is 12.6. The molecular weight excluding hydrogens is 340 g/mol. The van der Waals surface area contributed by atoms with Gasteiger partial charge in [0.1, 0.15) is 11.8 Å². The Morgan fingerprint density at radius 2 is 2.00 bits per heavy atom. The van der Waals surface area contributed by atoms with Crippen molar-refractivity contribution in [2.75, 3.05) is 18.5 Å². The van der Waals surface area contributed by atoms with E-state index in [4.69, 9.17) is 9.47 Å². The third-order valence-electron chi connectivity index (χ3n) is 5.28. The lowest BCUT2D eigenvalue weighted by Gasteiger charge is -2.16. The van der Waals surface area contributed by atoms with Gasteiger partial charge < -0.3 is 14.8 Å². The molecule has 138 valence electrons. The monoisotopic (exact) mass is 362 g/mol. The molecule has 0 saturated carbocycles. The van der Waals surface area contributed by atoms with Crippen molar-refractivity contribution in [3.05, 3.63) is 47.0 Å². The maximum atomic E-state index is 12.5. The van der Waals surface area contributed by atoms with Crippen LogP contribution in [0.1, 0.15) is 43.4 Å². The summed E-state index contributed by atoms with van der Waals surface area (Å²) in [5.74, 6) is 0.978. The number of ether oxygens (including phenoxy) is 2.